The minimum absolute atomic E-state index is 0.912. The Hall–Kier alpha value is -7.20. The Morgan fingerprint density at radius 3 is 1.47 bits per heavy atom. The highest BCUT2D eigenvalue weighted by Gasteiger charge is 2.41. The third-order valence-corrected chi connectivity index (χ3v) is 16.6. The zero-order chi connectivity index (χ0) is 37.8. The SMILES string of the molecule is c1ccc([Si](c2ccccc2)(c2ccccc2)c2ccc(N(c3ccc4c(ccc5c6ccccc6oc45)c3)c3cc4ccccc4c4ccccc34)cc2)cc1. The summed E-state index contributed by atoms with van der Waals surface area (Å²) < 4.78 is 6.49. The summed E-state index contributed by atoms with van der Waals surface area (Å²) in [5.41, 5.74) is 5.16. The number of fused-ring (bicyclic) bond motifs is 8. The average Bonchev–Trinajstić information content (AvgIpc) is 3.68. The van der Waals surface area contributed by atoms with E-state index in [0.29, 0.717) is 0 Å². The molecule has 0 spiro atoms. The Kier molecular flexibility index (Phi) is 7.87. The number of hydrogen-bond acceptors (Lipinski definition) is 2. The molecule has 11 rings (SSSR count). The molecule has 1 heterocycles. The van der Waals surface area contributed by atoms with Crippen LogP contribution in [0.3, 0.4) is 0 Å². The summed E-state index contributed by atoms with van der Waals surface area (Å²) in [6.07, 6.45) is 0. The monoisotopic (exact) mass is 743 g/mol. The van der Waals surface area contributed by atoms with E-state index in [9.17, 15) is 0 Å². The fourth-order valence-electron chi connectivity index (χ4n) is 9.21. The summed E-state index contributed by atoms with van der Waals surface area (Å²) >= 11 is 0. The first kappa shape index (κ1) is 33.2. The van der Waals surface area contributed by atoms with Gasteiger partial charge >= 0.3 is 0 Å². The van der Waals surface area contributed by atoms with Crippen molar-refractivity contribution in [3.05, 3.63) is 224 Å². The first-order valence-corrected chi connectivity index (χ1v) is 21.6. The Balaban J connectivity index is 1.15. The predicted octanol–water partition coefficient (Wildman–Crippen LogP) is 11.9. The fourth-order valence-corrected chi connectivity index (χ4v) is 14.0. The van der Waals surface area contributed by atoms with Crippen molar-refractivity contribution in [3.8, 4) is 0 Å². The molecule has 0 saturated heterocycles. The molecular formula is C54H37NOSi. The van der Waals surface area contributed by atoms with Crippen molar-refractivity contribution in [2.45, 2.75) is 0 Å². The second-order valence-electron chi connectivity index (χ2n) is 14.8. The van der Waals surface area contributed by atoms with E-state index < -0.39 is 8.07 Å². The number of para-hydroxylation sites is 1. The van der Waals surface area contributed by atoms with Gasteiger partial charge in [0.25, 0.3) is 0 Å². The normalized spacial score (nSPS) is 11.9. The van der Waals surface area contributed by atoms with E-state index in [1.54, 1.807) is 0 Å². The molecule has 0 fully saturated rings. The van der Waals surface area contributed by atoms with Crippen LogP contribution in [0.15, 0.2) is 229 Å². The van der Waals surface area contributed by atoms with Crippen LogP contribution in [0.1, 0.15) is 0 Å². The van der Waals surface area contributed by atoms with Crippen LogP contribution in [-0.2, 0) is 0 Å². The molecule has 0 aliphatic carbocycles. The number of furan rings is 1. The summed E-state index contributed by atoms with van der Waals surface area (Å²) in [5, 5.41) is 14.8. The second kappa shape index (κ2) is 13.5. The summed E-state index contributed by atoms with van der Waals surface area (Å²) in [4.78, 5) is 2.44. The Morgan fingerprint density at radius 1 is 0.316 bits per heavy atom. The molecule has 3 heteroatoms. The van der Waals surface area contributed by atoms with Gasteiger partial charge < -0.3 is 9.32 Å². The van der Waals surface area contributed by atoms with Gasteiger partial charge in [0.05, 0.1) is 5.69 Å². The summed E-state index contributed by atoms with van der Waals surface area (Å²) in [6, 6.07) is 82.3. The molecule has 0 atom stereocenters. The highest BCUT2D eigenvalue weighted by molar-refractivity contribution is 7.19. The molecule has 0 amide bonds. The molecule has 0 N–H and O–H groups in total. The molecular weight excluding hydrogens is 707 g/mol. The molecule has 0 unspecified atom stereocenters. The Bertz CT molecular complexity index is 3130. The molecule has 10 aromatic carbocycles. The van der Waals surface area contributed by atoms with E-state index in [-0.39, 0.29) is 0 Å². The first-order valence-electron chi connectivity index (χ1n) is 19.6. The predicted molar refractivity (Wildman–Crippen MR) is 245 cm³/mol. The lowest BCUT2D eigenvalue weighted by Crippen LogP contribution is -2.74. The van der Waals surface area contributed by atoms with E-state index in [1.807, 2.05) is 6.07 Å². The highest BCUT2D eigenvalue weighted by atomic mass is 28.3. The quantitative estimate of drug-likeness (QED) is 0.0918. The molecule has 268 valence electrons. The van der Waals surface area contributed by atoms with E-state index in [0.717, 1.165) is 49.8 Å². The Morgan fingerprint density at radius 2 is 0.807 bits per heavy atom. The van der Waals surface area contributed by atoms with Crippen LogP contribution in [0.4, 0.5) is 17.1 Å². The molecule has 1 aromatic heterocycles. The van der Waals surface area contributed by atoms with Gasteiger partial charge in [0.15, 0.2) is 8.07 Å². The van der Waals surface area contributed by atoms with Gasteiger partial charge in [-0.1, -0.05) is 176 Å². The molecule has 0 radical (unpaired) electrons. The molecule has 0 aliphatic heterocycles. The van der Waals surface area contributed by atoms with Crippen molar-refractivity contribution in [3.63, 3.8) is 0 Å². The maximum Gasteiger partial charge on any atom is 0.179 e. The minimum Gasteiger partial charge on any atom is -0.455 e. The van der Waals surface area contributed by atoms with Gasteiger partial charge in [-0.15, -0.1) is 0 Å². The number of rotatable bonds is 7. The largest absolute Gasteiger partial charge is 0.455 e. The lowest BCUT2D eigenvalue weighted by molar-refractivity contribution is 0.672. The number of anilines is 3. The van der Waals surface area contributed by atoms with Gasteiger partial charge in [-0.2, -0.15) is 0 Å². The topological polar surface area (TPSA) is 16.4 Å². The summed E-state index contributed by atoms with van der Waals surface area (Å²) in [6.45, 7) is 0. The maximum atomic E-state index is 6.49. The Labute approximate surface area is 332 Å². The second-order valence-corrected chi connectivity index (χ2v) is 18.6. The summed E-state index contributed by atoms with van der Waals surface area (Å²) in [7, 11) is -2.70. The molecule has 0 bridgehead atoms. The van der Waals surface area contributed by atoms with Crippen LogP contribution >= 0.6 is 0 Å². The van der Waals surface area contributed by atoms with Gasteiger partial charge in [-0.25, -0.2) is 0 Å². The smallest absolute Gasteiger partial charge is 0.179 e. The van der Waals surface area contributed by atoms with Crippen LogP contribution in [0, 0.1) is 0 Å². The number of hydrogen-bond donors (Lipinski definition) is 0. The minimum atomic E-state index is -2.70. The molecule has 0 aliphatic rings. The van der Waals surface area contributed by atoms with Crippen molar-refractivity contribution in [1.29, 1.82) is 0 Å². The highest BCUT2D eigenvalue weighted by Crippen LogP contribution is 2.43. The number of benzene rings is 10. The lowest BCUT2D eigenvalue weighted by atomic mass is 9.98. The molecule has 2 nitrogen and oxygen atoms in total. The molecule has 57 heavy (non-hydrogen) atoms. The van der Waals surface area contributed by atoms with Crippen LogP contribution in [-0.4, -0.2) is 8.07 Å². The maximum absolute atomic E-state index is 6.49. The van der Waals surface area contributed by atoms with Crippen molar-refractivity contribution in [1.82, 2.24) is 0 Å². The van der Waals surface area contributed by atoms with Crippen molar-refractivity contribution in [2.24, 2.45) is 0 Å². The van der Waals surface area contributed by atoms with Crippen LogP contribution in [0.25, 0.3) is 54.3 Å². The summed E-state index contributed by atoms with van der Waals surface area (Å²) in [5.74, 6) is 0. The molecule has 11 aromatic rings. The fraction of sp³-hybridized carbons (Fsp3) is 0. The van der Waals surface area contributed by atoms with E-state index in [2.05, 4.69) is 223 Å². The van der Waals surface area contributed by atoms with E-state index in [1.165, 1.54) is 42.3 Å². The van der Waals surface area contributed by atoms with Gasteiger partial charge in [-0.3, -0.25) is 0 Å². The van der Waals surface area contributed by atoms with Gasteiger partial charge in [0, 0.05) is 32.9 Å². The van der Waals surface area contributed by atoms with Gasteiger partial charge in [0.2, 0.25) is 0 Å². The average molecular weight is 744 g/mol. The number of nitrogens with zero attached hydrogens (tertiary/aromatic N) is 1. The van der Waals surface area contributed by atoms with Crippen molar-refractivity contribution >= 4 is 100 Å². The van der Waals surface area contributed by atoms with Crippen LogP contribution < -0.4 is 25.6 Å². The van der Waals surface area contributed by atoms with Gasteiger partial charge in [-0.05, 0) is 90.8 Å². The van der Waals surface area contributed by atoms with Crippen molar-refractivity contribution < 1.29 is 4.42 Å². The van der Waals surface area contributed by atoms with E-state index in [4.69, 9.17) is 4.42 Å². The van der Waals surface area contributed by atoms with E-state index >= 15 is 0 Å². The molecule has 0 saturated carbocycles. The third-order valence-electron chi connectivity index (χ3n) is 11.8. The van der Waals surface area contributed by atoms with Crippen LogP contribution in [0.5, 0.6) is 0 Å². The van der Waals surface area contributed by atoms with Gasteiger partial charge in [0.1, 0.15) is 11.2 Å². The first-order chi connectivity index (χ1) is 28.3. The lowest BCUT2D eigenvalue weighted by Gasteiger charge is -2.35. The zero-order valence-corrected chi connectivity index (χ0v) is 32.2. The zero-order valence-electron chi connectivity index (χ0n) is 31.2. The van der Waals surface area contributed by atoms with Crippen molar-refractivity contribution in [2.75, 3.05) is 4.90 Å². The standard InChI is InChI=1S/C54H37NOSi/c1-4-17-42(18-5-1)57(43-19-6-2-7-20-43,44-21-8-3-9-22-44)45-32-29-40(30-33-45)55(52-37-38-16-10-11-23-46(38)48-24-12-13-25-49(48)52)41-31-35-47-39(36-41)28-34-51-50-26-14-15-27-53(50)56-54(47)51/h1-37H. The third kappa shape index (κ3) is 5.31. The van der Waals surface area contributed by atoms with Crippen LogP contribution in [0.2, 0.25) is 0 Å².